The van der Waals surface area contributed by atoms with Gasteiger partial charge in [-0.05, 0) is 77.0 Å². The highest BCUT2D eigenvalue weighted by Gasteiger charge is 2.19. The number of unbranched alkanes of at least 4 members (excludes halogenated alkanes) is 28. The zero-order chi connectivity index (χ0) is 44.4. The Hall–Kier alpha value is -2.63. The standard InChI is InChI=1S/C55H98O6/c1-4-7-10-13-16-19-21-23-25-27-28-30-31-33-36-39-42-45-48-54(57)60-51-52(50-59-53(56)47-44-41-38-35-18-15-12-9-6-3)61-55(58)49-46-43-40-37-34-32-29-26-24-22-20-17-14-11-8-5-2/h8,11,17,20,24,26,28,30,52H,4-7,9-10,12-16,18-19,21-23,25,27,29,31-51H2,1-3H3/b11-8-,20-17-,26-24-,30-28-. The van der Waals surface area contributed by atoms with Gasteiger partial charge in [0, 0.05) is 19.3 Å². The third kappa shape index (κ3) is 48.3. The topological polar surface area (TPSA) is 78.9 Å². The summed E-state index contributed by atoms with van der Waals surface area (Å²) in [6.45, 7) is 6.50. The van der Waals surface area contributed by atoms with Crippen LogP contribution in [0.25, 0.3) is 0 Å². The molecule has 0 aliphatic heterocycles. The van der Waals surface area contributed by atoms with Gasteiger partial charge in [-0.2, -0.15) is 0 Å². The zero-order valence-corrected chi connectivity index (χ0v) is 40.4. The molecule has 354 valence electrons. The van der Waals surface area contributed by atoms with Gasteiger partial charge in [-0.25, -0.2) is 0 Å². The van der Waals surface area contributed by atoms with Crippen LogP contribution in [0.5, 0.6) is 0 Å². The molecule has 6 heteroatoms. The van der Waals surface area contributed by atoms with E-state index in [2.05, 4.69) is 69.4 Å². The summed E-state index contributed by atoms with van der Waals surface area (Å²) in [5.41, 5.74) is 0. The van der Waals surface area contributed by atoms with E-state index >= 15 is 0 Å². The number of carbonyl (C=O) groups excluding carboxylic acids is 3. The molecular formula is C55H98O6. The van der Waals surface area contributed by atoms with Crippen molar-refractivity contribution in [3.05, 3.63) is 48.6 Å². The van der Waals surface area contributed by atoms with Crippen molar-refractivity contribution >= 4 is 17.9 Å². The van der Waals surface area contributed by atoms with E-state index in [1.807, 2.05) is 0 Å². The molecule has 1 unspecified atom stereocenters. The van der Waals surface area contributed by atoms with E-state index in [0.29, 0.717) is 19.3 Å². The van der Waals surface area contributed by atoms with Gasteiger partial charge in [0.2, 0.25) is 0 Å². The lowest BCUT2D eigenvalue weighted by Crippen LogP contribution is -2.30. The summed E-state index contributed by atoms with van der Waals surface area (Å²) in [5.74, 6) is -0.897. The number of hydrogen-bond acceptors (Lipinski definition) is 6. The minimum atomic E-state index is -0.779. The van der Waals surface area contributed by atoms with Crippen LogP contribution in [-0.4, -0.2) is 37.2 Å². The number of carbonyl (C=O) groups is 3. The molecule has 0 rings (SSSR count). The number of ether oxygens (including phenoxy) is 3. The summed E-state index contributed by atoms with van der Waals surface area (Å²) in [6.07, 6.45) is 59.6. The number of hydrogen-bond donors (Lipinski definition) is 0. The monoisotopic (exact) mass is 855 g/mol. The molecule has 6 nitrogen and oxygen atoms in total. The van der Waals surface area contributed by atoms with Gasteiger partial charge < -0.3 is 14.2 Å². The molecule has 0 aliphatic rings. The first kappa shape index (κ1) is 58.4. The van der Waals surface area contributed by atoms with Crippen molar-refractivity contribution in [2.75, 3.05) is 13.2 Å². The smallest absolute Gasteiger partial charge is 0.306 e. The average molecular weight is 855 g/mol. The molecule has 0 saturated carbocycles. The number of allylic oxidation sites excluding steroid dienone is 8. The highest BCUT2D eigenvalue weighted by Crippen LogP contribution is 2.15. The minimum Gasteiger partial charge on any atom is -0.462 e. The molecule has 61 heavy (non-hydrogen) atoms. The van der Waals surface area contributed by atoms with E-state index in [9.17, 15) is 14.4 Å². The molecule has 0 fully saturated rings. The first-order valence-corrected chi connectivity index (χ1v) is 26.1. The molecule has 0 radical (unpaired) electrons. The maximum absolute atomic E-state index is 12.8. The van der Waals surface area contributed by atoms with Crippen molar-refractivity contribution in [1.82, 2.24) is 0 Å². The van der Waals surface area contributed by atoms with Crippen LogP contribution in [0.2, 0.25) is 0 Å². The van der Waals surface area contributed by atoms with Crippen LogP contribution in [0.15, 0.2) is 48.6 Å². The second kappa shape index (κ2) is 50.0. The Morgan fingerprint density at radius 2 is 0.639 bits per heavy atom. The fourth-order valence-electron chi connectivity index (χ4n) is 7.39. The molecule has 1 atom stereocenters. The second-order valence-electron chi connectivity index (χ2n) is 17.4. The zero-order valence-electron chi connectivity index (χ0n) is 40.4. The highest BCUT2D eigenvalue weighted by molar-refractivity contribution is 5.71. The van der Waals surface area contributed by atoms with Crippen molar-refractivity contribution in [3.63, 3.8) is 0 Å². The summed E-state index contributed by atoms with van der Waals surface area (Å²) in [5, 5.41) is 0. The third-order valence-electron chi connectivity index (χ3n) is 11.3. The lowest BCUT2D eigenvalue weighted by atomic mass is 10.1. The van der Waals surface area contributed by atoms with Crippen molar-refractivity contribution in [1.29, 1.82) is 0 Å². The van der Waals surface area contributed by atoms with Crippen LogP contribution in [0.1, 0.15) is 265 Å². The minimum absolute atomic E-state index is 0.0794. The van der Waals surface area contributed by atoms with Crippen molar-refractivity contribution in [2.45, 2.75) is 271 Å². The van der Waals surface area contributed by atoms with Crippen molar-refractivity contribution in [3.8, 4) is 0 Å². The molecule has 0 N–H and O–H groups in total. The average Bonchev–Trinajstić information content (AvgIpc) is 3.26. The molecule has 0 saturated heterocycles. The Balaban J connectivity index is 4.33. The Kier molecular flexibility index (Phi) is 47.9. The summed E-state index contributed by atoms with van der Waals surface area (Å²) >= 11 is 0. The van der Waals surface area contributed by atoms with E-state index in [4.69, 9.17) is 14.2 Å². The Bertz CT molecular complexity index is 1070. The van der Waals surface area contributed by atoms with Crippen LogP contribution in [0.4, 0.5) is 0 Å². The molecule has 0 aromatic carbocycles. The van der Waals surface area contributed by atoms with E-state index in [1.54, 1.807) is 0 Å². The predicted octanol–water partition coefficient (Wildman–Crippen LogP) is 17.1. The molecule has 0 aromatic heterocycles. The van der Waals surface area contributed by atoms with Crippen LogP contribution < -0.4 is 0 Å². The second-order valence-corrected chi connectivity index (χ2v) is 17.4. The van der Waals surface area contributed by atoms with Crippen molar-refractivity contribution < 1.29 is 28.6 Å². The van der Waals surface area contributed by atoms with E-state index in [0.717, 1.165) is 96.3 Å². The molecule has 0 heterocycles. The normalized spacial score (nSPS) is 12.4. The Labute approximate surface area is 378 Å². The Morgan fingerprint density at radius 3 is 1.02 bits per heavy atom. The molecule has 0 bridgehead atoms. The molecule has 0 aromatic rings. The molecular weight excluding hydrogens is 757 g/mol. The first-order chi connectivity index (χ1) is 30.0. The fraction of sp³-hybridized carbons (Fsp3) is 0.800. The van der Waals surface area contributed by atoms with Crippen molar-refractivity contribution in [2.24, 2.45) is 0 Å². The quantitative estimate of drug-likeness (QED) is 0.0263. The predicted molar refractivity (Wildman–Crippen MR) is 261 cm³/mol. The maximum atomic E-state index is 12.8. The van der Waals surface area contributed by atoms with Gasteiger partial charge in [0.25, 0.3) is 0 Å². The third-order valence-corrected chi connectivity index (χ3v) is 11.3. The maximum Gasteiger partial charge on any atom is 0.306 e. The first-order valence-electron chi connectivity index (χ1n) is 26.1. The van der Waals surface area contributed by atoms with Crippen LogP contribution in [0, 0.1) is 0 Å². The summed E-state index contributed by atoms with van der Waals surface area (Å²) in [4.78, 5) is 37.9. The molecule has 0 aliphatic carbocycles. The number of rotatable bonds is 47. The Morgan fingerprint density at radius 1 is 0.344 bits per heavy atom. The van der Waals surface area contributed by atoms with Gasteiger partial charge in [-0.3, -0.25) is 14.4 Å². The highest BCUT2D eigenvalue weighted by atomic mass is 16.6. The van der Waals surface area contributed by atoms with Gasteiger partial charge in [-0.15, -0.1) is 0 Å². The molecule has 0 spiro atoms. The van der Waals surface area contributed by atoms with Crippen LogP contribution in [-0.2, 0) is 28.6 Å². The lowest BCUT2D eigenvalue weighted by molar-refractivity contribution is -0.167. The van der Waals surface area contributed by atoms with E-state index < -0.39 is 6.10 Å². The van der Waals surface area contributed by atoms with E-state index in [1.165, 1.54) is 128 Å². The number of esters is 3. The van der Waals surface area contributed by atoms with Gasteiger partial charge in [0.05, 0.1) is 0 Å². The summed E-state index contributed by atoms with van der Waals surface area (Å²) in [7, 11) is 0. The largest absolute Gasteiger partial charge is 0.462 e. The van der Waals surface area contributed by atoms with Crippen LogP contribution >= 0.6 is 0 Å². The van der Waals surface area contributed by atoms with Gasteiger partial charge >= 0.3 is 17.9 Å². The summed E-state index contributed by atoms with van der Waals surface area (Å²) in [6, 6.07) is 0. The van der Waals surface area contributed by atoms with Gasteiger partial charge in [0.1, 0.15) is 13.2 Å². The SMILES string of the molecule is CC/C=C\C/C=C\C/C=C\CCCCCCCCC(=O)OC(COC(=O)CCCCCCC/C=C\CCCCCCCCCCC)COC(=O)CCCCCCCCCCC. The fourth-order valence-corrected chi connectivity index (χ4v) is 7.39. The summed E-state index contributed by atoms with van der Waals surface area (Å²) < 4.78 is 16.8. The van der Waals surface area contributed by atoms with Gasteiger partial charge in [-0.1, -0.05) is 217 Å². The van der Waals surface area contributed by atoms with E-state index in [-0.39, 0.29) is 31.1 Å². The van der Waals surface area contributed by atoms with Crippen LogP contribution in [0.3, 0.4) is 0 Å². The lowest BCUT2D eigenvalue weighted by Gasteiger charge is -2.18. The molecule has 0 amide bonds. The van der Waals surface area contributed by atoms with Gasteiger partial charge in [0.15, 0.2) is 6.10 Å².